The molecule has 0 radical (unpaired) electrons. The first-order valence-electron chi connectivity index (χ1n) is 9.46. The molecule has 1 saturated carbocycles. The predicted molar refractivity (Wildman–Crippen MR) is 105 cm³/mol. The normalized spacial score (nSPS) is 16.9. The molecule has 1 aromatic carbocycles. The molecule has 0 amide bonds. The predicted octanol–water partition coefficient (Wildman–Crippen LogP) is 2.36. The molecule has 7 heteroatoms. The molecule has 0 saturated heterocycles. The summed E-state index contributed by atoms with van der Waals surface area (Å²) in [5.41, 5.74) is 0. The summed E-state index contributed by atoms with van der Waals surface area (Å²) in [7, 11) is -1.60. The van der Waals surface area contributed by atoms with Gasteiger partial charge in [-0.05, 0) is 25.0 Å². The number of guanidine groups is 1. The van der Waals surface area contributed by atoms with Gasteiger partial charge < -0.3 is 15.4 Å². The number of aliphatic imine (C=N–C) groups is 1. The SMILES string of the molecule is CN=C(NCCOC1CCCCCC1)NCCS(=O)(=O)c1ccccc1. The smallest absolute Gasteiger partial charge is 0.191 e. The maximum Gasteiger partial charge on any atom is 0.191 e. The lowest BCUT2D eigenvalue weighted by molar-refractivity contribution is 0.0468. The van der Waals surface area contributed by atoms with Gasteiger partial charge in [0.1, 0.15) is 0 Å². The van der Waals surface area contributed by atoms with Crippen LogP contribution in [0.1, 0.15) is 38.5 Å². The van der Waals surface area contributed by atoms with E-state index in [-0.39, 0.29) is 5.75 Å². The monoisotopic (exact) mass is 381 g/mol. The maximum atomic E-state index is 12.2. The highest BCUT2D eigenvalue weighted by molar-refractivity contribution is 7.91. The lowest BCUT2D eigenvalue weighted by atomic mass is 10.1. The van der Waals surface area contributed by atoms with E-state index < -0.39 is 9.84 Å². The van der Waals surface area contributed by atoms with Crippen LogP contribution in [0, 0.1) is 0 Å². The Morgan fingerprint density at radius 2 is 1.73 bits per heavy atom. The highest BCUT2D eigenvalue weighted by Crippen LogP contribution is 2.19. The molecule has 1 aliphatic carbocycles. The van der Waals surface area contributed by atoms with Crippen molar-refractivity contribution in [1.82, 2.24) is 10.6 Å². The van der Waals surface area contributed by atoms with Gasteiger partial charge in [0.2, 0.25) is 0 Å². The number of benzene rings is 1. The van der Waals surface area contributed by atoms with Crippen LogP contribution in [-0.2, 0) is 14.6 Å². The first-order chi connectivity index (χ1) is 12.6. The largest absolute Gasteiger partial charge is 0.376 e. The third-order valence-corrected chi connectivity index (χ3v) is 6.27. The molecule has 0 unspecified atom stereocenters. The van der Waals surface area contributed by atoms with E-state index in [4.69, 9.17) is 4.74 Å². The van der Waals surface area contributed by atoms with Gasteiger partial charge >= 0.3 is 0 Å². The van der Waals surface area contributed by atoms with Crippen molar-refractivity contribution in [2.45, 2.75) is 49.5 Å². The fourth-order valence-corrected chi connectivity index (χ4v) is 4.25. The van der Waals surface area contributed by atoms with Crippen LogP contribution in [-0.4, -0.2) is 53.0 Å². The second-order valence-corrected chi connectivity index (χ2v) is 8.65. The molecule has 0 heterocycles. The van der Waals surface area contributed by atoms with E-state index in [0.29, 0.717) is 36.7 Å². The Morgan fingerprint density at radius 3 is 2.38 bits per heavy atom. The number of hydrogen-bond donors (Lipinski definition) is 2. The molecule has 0 spiro atoms. The minimum absolute atomic E-state index is 0.0241. The lowest BCUT2D eigenvalue weighted by Gasteiger charge is -2.16. The molecule has 2 N–H and O–H groups in total. The summed E-state index contributed by atoms with van der Waals surface area (Å²) < 4.78 is 30.4. The molecule has 1 aromatic rings. The highest BCUT2D eigenvalue weighted by atomic mass is 32.2. The minimum atomic E-state index is -3.28. The Hall–Kier alpha value is -1.60. The van der Waals surface area contributed by atoms with Gasteiger partial charge in [-0.1, -0.05) is 43.9 Å². The molecule has 1 fully saturated rings. The molecule has 26 heavy (non-hydrogen) atoms. The summed E-state index contributed by atoms with van der Waals surface area (Å²) in [5.74, 6) is 0.619. The van der Waals surface area contributed by atoms with Crippen molar-refractivity contribution in [3.05, 3.63) is 30.3 Å². The van der Waals surface area contributed by atoms with Crippen LogP contribution < -0.4 is 10.6 Å². The fraction of sp³-hybridized carbons (Fsp3) is 0.632. The Bertz CT molecular complexity index is 639. The summed E-state index contributed by atoms with van der Waals surface area (Å²) in [4.78, 5) is 4.47. The summed E-state index contributed by atoms with van der Waals surface area (Å²) in [6.45, 7) is 1.59. The Balaban J connectivity index is 1.64. The minimum Gasteiger partial charge on any atom is -0.376 e. The van der Waals surface area contributed by atoms with Crippen molar-refractivity contribution >= 4 is 15.8 Å². The van der Waals surface area contributed by atoms with E-state index in [2.05, 4.69) is 15.6 Å². The van der Waals surface area contributed by atoms with Gasteiger partial charge in [0.15, 0.2) is 15.8 Å². The van der Waals surface area contributed by atoms with Crippen LogP contribution in [0.25, 0.3) is 0 Å². The van der Waals surface area contributed by atoms with Gasteiger partial charge in [0, 0.05) is 20.1 Å². The van der Waals surface area contributed by atoms with Gasteiger partial charge in [-0.3, -0.25) is 4.99 Å². The molecule has 6 nitrogen and oxygen atoms in total. The number of nitrogens with one attached hydrogen (secondary N) is 2. The molecule has 146 valence electrons. The number of nitrogens with zero attached hydrogens (tertiary/aromatic N) is 1. The van der Waals surface area contributed by atoms with Crippen LogP contribution in [0.15, 0.2) is 40.2 Å². The summed E-state index contributed by atoms with van der Waals surface area (Å²) in [5, 5.41) is 6.22. The third kappa shape index (κ3) is 7.33. The van der Waals surface area contributed by atoms with Crippen molar-refractivity contribution in [3.63, 3.8) is 0 Å². The quantitative estimate of drug-likeness (QED) is 0.313. The van der Waals surface area contributed by atoms with Crippen LogP contribution >= 0.6 is 0 Å². The van der Waals surface area contributed by atoms with Crippen LogP contribution in [0.4, 0.5) is 0 Å². The second-order valence-electron chi connectivity index (χ2n) is 6.54. The first kappa shape index (κ1) is 20.7. The zero-order valence-electron chi connectivity index (χ0n) is 15.6. The van der Waals surface area contributed by atoms with Gasteiger partial charge in [-0.25, -0.2) is 8.42 Å². The molecular weight excluding hydrogens is 350 g/mol. The Labute approximate surface area is 157 Å². The molecule has 0 aliphatic heterocycles. The first-order valence-corrected chi connectivity index (χ1v) is 11.1. The number of hydrogen-bond acceptors (Lipinski definition) is 4. The highest BCUT2D eigenvalue weighted by Gasteiger charge is 2.14. The number of rotatable bonds is 8. The van der Waals surface area contributed by atoms with Crippen molar-refractivity contribution < 1.29 is 13.2 Å². The summed E-state index contributed by atoms with van der Waals surface area (Å²) in [6.07, 6.45) is 7.86. The van der Waals surface area contributed by atoms with E-state index in [1.165, 1.54) is 25.7 Å². The summed E-state index contributed by atoms with van der Waals surface area (Å²) >= 11 is 0. The van der Waals surface area contributed by atoms with E-state index in [1.807, 2.05) is 0 Å². The lowest BCUT2D eigenvalue weighted by Crippen LogP contribution is -2.41. The average molecular weight is 382 g/mol. The zero-order chi connectivity index (χ0) is 18.7. The molecule has 2 rings (SSSR count). The van der Waals surface area contributed by atoms with Crippen molar-refractivity contribution in [2.75, 3.05) is 32.5 Å². The maximum absolute atomic E-state index is 12.2. The number of sulfone groups is 1. The second kappa shape index (κ2) is 11.2. The molecule has 0 bridgehead atoms. The summed E-state index contributed by atoms with van der Waals surface area (Å²) in [6, 6.07) is 8.50. The van der Waals surface area contributed by atoms with E-state index in [0.717, 1.165) is 12.8 Å². The molecule has 0 atom stereocenters. The van der Waals surface area contributed by atoms with E-state index in [9.17, 15) is 8.42 Å². The number of ether oxygens (including phenoxy) is 1. The van der Waals surface area contributed by atoms with Crippen molar-refractivity contribution in [1.29, 1.82) is 0 Å². The van der Waals surface area contributed by atoms with Crippen molar-refractivity contribution in [2.24, 2.45) is 4.99 Å². The van der Waals surface area contributed by atoms with Crippen LogP contribution in [0.3, 0.4) is 0 Å². The van der Waals surface area contributed by atoms with Gasteiger partial charge in [-0.2, -0.15) is 0 Å². The van der Waals surface area contributed by atoms with E-state index in [1.54, 1.807) is 37.4 Å². The Morgan fingerprint density at radius 1 is 1.08 bits per heavy atom. The van der Waals surface area contributed by atoms with Gasteiger partial charge in [0.25, 0.3) is 0 Å². The molecular formula is C19H31N3O3S. The molecule has 0 aromatic heterocycles. The fourth-order valence-electron chi connectivity index (χ4n) is 3.07. The average Bonchev–Trinajstić information content (AvgIpc) is 2.93. The third-order valence-electron chi connectivity index (χ3n) is 4.54. The topological polar surface area (TPSA) is 79.8 Å². The van der Waals surface area contributed by atoms with E-state index >= 15 is 0 Å². The zero-order valence-corrected chi connectivity index (χ0v) is 16.4. The van der Waals surface area contributed by atoms with Crippen LogP contribution in [0.2, 0.25) is 0 Å². The standard InChI is InChI=1S/C19H31N3O3S/c1-20-19(21-13-15-25-17-9-5-2-3-6-10-17)22-14-16-26(23,24)18-11-7-4-8-12-18/h4,7-8,11-12,17H,2-3,5-6,9-10,13-16H2,1H3,(H2,20,21,22). The Kier molecular flexibility index (Phi) is 8.91. The molecule has 1 aliphatic rings. The van der Waals surface area contributed by atoms with Gasteiger partial charge in [-0.15, -0.1) is 0 Å². The van der Waals surface area contributed by atoms with Gasteiger partial charge in [0.05, 0.1) is 23.4 Å². The van der Waals surface area contributed by atoms with Crippen molar-refractivity contribution in [3.8, 4) is 0 Å². The van der Waals surface area contributed by atoms with Crippen LogP contribution in [0.5, 0.6) is 0 Å².